The lowest BCUT2D eigenvalue weighted by molar-refractivity contribution is -0.139. The Labute approximate surface area is 129 Å². The molecule has 0 saturated heterocycles. The molecular formula is C15H32NO4P. The summed E-state index contributed by atoms with van der Waals surface area (Å²) in [6.07, 6.45) is 12.7. The van der Waals surface area contributed by atoms with Gasteiger partial charge in [0.2, 0.25) is 0 Å². The van der Waals surface area contributed by atoms with Gasteiger partial charge in [0.05, 0.1) is 6.61 Å². The highest BCUT2D eigenvalue weighted by molar-refractivity contribution is 7.42. The summed E-state index contributed by atoms with van der Waals surface area (Å²) in [6, 6.07) is -1.10. The van der Waals surface area contributed by atoms with Gasteiger partial charge in [0.15, 0.2) is 0 Å². The van der Waals surface area contributed by atoms with E-state index in [0.29, 0.717) is 6.16 Å². The molecule has 0 saturated carbocycles. The van der Waals surface area contributed by atoms with Crippen molar-refractivity contribution in [2.24, 2.45) is 0 Å². The molecule has 0 aliphatic rings. The van der Waals surface area contributed by atoms with Crippen LogP contribution in [0.25, 0.3) is 0 Å². The van der Waals surface area contributed by atoms with Crippen molar-refractivity contribution < 1.29 is 19.6 Å². The highest BCUT2D eigenvalue weighted by Crippen LogP contribution is 2.19. The monoisotopic (exact) mass is 321 g/mol. The van der Waals surface area contributed by atoms with Crippen LogP contribution >= 0.6 is 7.95 Å². The van der Waals surface area contributed by atoms with E-state index >= 15 is 0 Å². The molecule has 1 unspecified atom stereocenters. The molecule has 0 spiro atoms. The maximum Gasteiger partial charge on any atom is 0.323 e. The number of rotatable bonds is 15. The first-order chi connectivity index (χ1) is 10.1. The highest BCUT2D eigenvalue weighted by atomic mass is 31.1. The lowest BCUT2D eigenvalue weighted by atomic mass is 10.1. The van der Waals surface area contributed by atoms with Crippen molar-refractivity contribution in [3.05, 3.63) is 0 Å². The van der Waals surface area contributed by atoms with Crippen LogP contribution in [-0.2, 0) is 9.36 Å². The zero-order valence-corrected chi connectivity index (χ0v) is 14.3. The second-order valence-corrected chi connectivity index (χ2v) is 7.21. The molecule has 0 aromatic carbocycles. The van der Waals surface area contributed by atoms with Crippen LogP contribution < -0.4 is 5.09 Å². The van der Waals surface area contributed by atoms with E-state index in [-0.39, 0.29) is 0 Å². The van der Waals surface area contributed by atoms with E-state index in [2.05, 4.69) is 12.0 Å². The van der Waals surface area contributed by atoms with Crippen LogP contribution in [0.3, 0.4) is 0 Å². The number of aliphatic carboxylic acids is 1. The number of hydrogen-bond acceptors (Lipinski definition) is 3. The summed E-state index contributed by atoms with van der Waals surface area (Å²) in [7, 11) is -2.09. The van der Waals surface area contributed by atoms with Gasteiger partial charge in [-0.15, -0.1) is 0 Å². The van der Waals surface area contributed by atoms with Gasteiger partial charge in [-0.25, -0.2) is 0 Å². The first-order valence-electron chi connectivity index (χ1n) is 8.24. The summed E-state index contributed by atoms with van der Waals surface area (Å²) in [5, 5.41) is 20.0. The molecule has 0 radical (unpaired) electrons. The fourth-order valence-electron chi connectivity index (χ4n) is 2.22. The van der Waals surface area contributed by atoms with E-state index in [0.717, 1.165) is 19.3 Å². The summed E-state index contributed by atoms with van der Waals surface area (Å²) >= 11 is 0. The molecule has 3 N–H and O–H groups in total. The molecule has 0 fully saturated rings. The summed E-state index contributed by atoms with van der Waals surface area (Å²) in [4.78, 5) is 10.7. The van der Waals surface area contributed by atoms with Crippen LogP contribution in [0.1, 0.15) is 71.1 Å². The molecule has 126 valence electrons. The summed E-state index contributed by atoms with van der Waals surface area (Å²) in [5.74, 6) is -1.15. The number of carboxylic acids is 1. The average Bonchev–Trinajstić information content (AvgIpc) is 2.46. The zero-order valence-electron chi connectivity index (χ0n) is 13.3. The first kappa shape index (κ1) is 20.6. The molecule has 0 rings (SSSR count). The number of unbranched alkanes of at least 4 members (excludes halogenated alkanes) is 9. The van der Waals surface area contributed by atoms with E-state index in [4.69, 9.17) is 10.2 Å². The van der Waals surface area contributed by atoms with Gasteiger partial charge >= 0.3 is 5.97 Å². The highest BCUT2D eigenvalue weighted by Gasteiger charge is 2.17. The van der Waals surface area contributed by atoms with Crippen LogP contribution in [0.2, 0.25) is 0 Å². The van der Waals surface area contributed by atoms with Crippen LogP contribution in [0, 0.1) is 0 Å². The number of carbonyl (C=O) groups is 1. The number of carboxylic acid groups (broad SMARTS) is 1. The standard InChI is InChI=1S/C15H32NO4P/c1-2-3-4-5-6-7-8-9-10-11-12-21(20)16-14(13-17)15(18)19/h14,17,21H,2-13H2,1H3,(H,16,20)(H,18,19)/t14-/m0/s1. The SMILES string of the molecule is CCCCCCCCCCCC[PH](=O)N[C@@H](CO)C(=O)O. The van der Waals surface area contributed by atoms with Gasteiger partial charge in [0.1, 0.15) is 14.0 Å². The molecule has 0 bridgehead atoms. The van der Waals surface area contributed by atoms with E-state index in [1.807, 2.05) is 0 Å². The summed E-state index contributed by atoms with van der Waals surface area (Å²) < 4.78 is 11.7. The van der Waals surface area contributed by atoms with Crippen molar-refractivity contribution in [2.75, 3.05) is 12.8 Å². The van der Waals surface area contributed by atoms with Gasteiger partial charge in [-0.1, -0.05) is 64.7 Å². The number of aliphatic hydroxyl groups excluding tert-OH is 1. The molecule has 6 heteroatoms. The van der Waals surface area contributed by atoms with Crippen molar-refractivity contribution >= 4 is 13.9 Å². The van der Waals surface area contributed by atoms with Gasteiger partial charge in [-0.2, -0.15) is 0 Å². The molecule has 0 heterocycles. The molecule has 0 aliphatic carbocycles. The minimum absolute atomic E-state index is 0.519. The molecule has 5 nitrogen and oxygen atoms in total. The summed E-state index contributed by atoms with van der Waals surface area (Å²) in [6.45, 7) is 1.70. The minimum Gasteiger partial charge on any atom is -0.480 e. The van der Waals surface area contributed by atoms with Crippen LogP contribution in [0.15, 0.2) is 0 Å². The Morgan fingerprint density at radius 1 is 1.00 bits per heavy atom. The fraction of sp³-hybridized carbons (Fsp3) is 0.933. The third-order valence-electron chi connectivity index (χ3n) is 3.57. The molecule has 0 amide bonds. The third-order valence-corrected chi connectivity index (χ3v) is 5.05. The van der Waals surface area contributed by atoms with Crippen LogP contribution in [0.5, 0.6) is 0 Å². The Balaban J connectivity index is 3.38. The van der Waals surface area contributed by atoms with Gasteiger partial charge < -0.3 is 14.8 Å². The third kappa shape index (κ3) is 13.0. The normalized spacial score (nSPS) is 14.0. The Hall–Kier alpha value is -0.380. The Morgan fingerprint density at radius 3 is 1.90 bits per heavy atom. The maximum atomic E-state index is 11.7. The lowest BCUT2D eigenvalue weighted by Gasteiger charge is -2.11. The predicted octanol–water partition coefficient (Wildman–Crippen LogP) is 3.42. The largest absolute Gasteiger partial charge is 0.480 e. The van der Waals surface area contributed by atoms with Gasteiger partial charge in [0.25, 0.3) is 0 Å². The number of nitrogens with one attached hydrogen (secondary N) is 1. The Bertz CT molecular complexity index is 287. The lowest BCUT2D eigenvalue weighted by Crippen LogP contribution is -2.35. The van der Waals surface area contributed by atoms with Crippen molar-refractivity contribution in [1.29, 1.82) is 0 Å². The summed E-state index contributed by atoms with van der Waals surface area (Å²) in [5.41, 5.74) is 0. The number of hydrogen-bond donors (Lipinski definition) is 3. The fourth-order valence-corrected chi connectivity index (χ4v) is 3.54. The molecule has 2 atom stereocenters. The molecule has 21 heavy (non-hydrogen) atoms. The van der Waals surface area contributed by atoms with E-state index in [1.165, 1.54) is 44.9 Å². The van der Waals surface area contributed by atoms with Gasteiger partial charge in [-0.05, 0) is 6.42 Å². The number of aliphatic hydroxyl groups is 1. The second kappa shape index (κ2) is 14.6. The smallest absolute Gasteiger partial charge is 0.323 e. The van der Waals surface area contributed by atoms with Gasteiger partial charge in [0, 0.05) is 6.16 Å². The average molecular weight is 321 g/mol. The molecule has 0 aromatic rings. The van der Waals surface area contributed by atoms with Crippen LogP contribution in [-0.4, -0.2) is 35.0 Å². The van der Waals surface area contributed by atoms with E-state index in [9.17, 15) is 9.36 Å². The Morgan fingerprint density at radius 2 is 1.48 bits per heavy atom. The van der Waals surface area contributed by atoms with Crippen molar-refractivity contribution in [3.63, 3.8) is 0 Å². The predicted molar refractivity (Wildman–Crippen MR) is 87.4 cm³/mol. The molecule has 0 aromatic heterocycles. The first-order valence-corrected chi connectivity index (χ1v) is 9.86. The van der Waals surface area contributed by atoms with Crippen molar-refractivity contribution in [2.45, 2.75) is 77.2 Å². The minimum atomic E-state index is -2.09. The quantitative estimate of drug-likeness (QED) is 0.318. The van der Waals surface area contributed by atoms with E-state index in [1.54, 1.807) is 0 Å². The van der Waals surface area contributed by atoms with Crippen molar-refractivity contribution in [3.8, 4) is 0 Å². The molecule has 0 aliphatic heterocycles. The van der Waals surface area contributed by atoms with Gasteiger partial charge in [-0.3, -0.25) is 9.88 Å². The second-order valence-electron chi connectivity index (χ2n) is 5.57. The Kier molecular flexibility index (Phi) is 14.3. The topological polar surface area (TPSA) is 86.6 Å². The molecular weight excluding hydrogens is 289 g/mol. The maximum absolute atomic E-state index is 11.7. The van der Waals surface area contributed by atoms with Crippen molar-refractivity contribution in [1.82, 2.24) is 5.09 Å². The van der Waals surface area contributed by atoms with Crippen LogP contribution in [0.4, 0.5) is 0 Å². The van der Waals surface area contributed by atoms with E-state index < -0.39 is 26.6 Å². The zero-order chi connectivity index (χ0) is 15.9.